The van der Waals surface area contributed by atoms with Crippen molar-refractivity contribution in [3.63, 3.8) is 0 Å². The number of nitrogens with one attached hydrogen (secondary N) is 2. The number of imide groups is 2. The van der Waals surface area contributed by atoms with Gasteiger partial charge in [-0.1, -0.05) is 17.7 Å². The van der Waals surface area contributed by atoms with Crippen LogP contribution in [0.1, 0.15) is 50.7 Å². The highest BCUT2D eigenvalue weighted by Crippen LogP contribution is 2.36. The number of piperidine rings is 1. The normalized spacial score (nSPS) is 19.2. The molecule has 4 amide bonds. The second kappa shape index (κ2) is 8.73. The van der Waals surface area contributed by atoms with Crippen LogP contribution in [0.2, 0.25) is 5.02 Å². The Bertz CT molecular complexity index is 1220. The summed E-state index contributed by atoms with van der Waals surface area (Å²) in [4.78, 5) is 50.0. The van der Waals surface area contributed by atoms with Crippen LogP contribution in [-0.4, -0.2) is 41.1 Å². The molecule has 2 unspecified atom stereocenters. The number of nitrogens with two attached hydrogens (primary N) is 1. The Balaban J connectivity index is 1.48. The number of carbonyl (C=O) groups excluding carboxylic acids is 4. The maximum absolute atomic E-state index is 13.1. The number of halogens is 4. The summed E-state index contributed by atoms with van der Waals surface area (Å²) in [5.41, 5.74) is 5.84. The third kappa shape index (κ3) is 4.36. The minimum atomic E-state index is -4.62. The minimum absolute atomic E-state index is 0.00918. The predicted octanol–water partition coefficient (Wildman–Crippen LogP) is 2.87. The van der Waals surface area contributed by atoms with Crippen LogP contribution in [0.3, 0.4) is 0 Å². The molecule has 178 valence electrons. The van der Waals surface area contributed by atoms with E-state index in [4.69, 9.17) is 17.3 Å². The Morgan fingerprint density at radius 3 is 2.47 bits per heavy atom. The van der Waals surface area contributed by atoms with Crippen molar-refractivity contribution in [3.8, 4) is 0 Å². The van der Waals surface area contributed by atoms with E-state index in [2.05, 4.69) is 10.6 Å². The summed E-state index contributed by atoms with van der Waals surface area (Å²) in [5.74, 6) is -2.49. The van der Waals surface area contributed by atoms with Crippen LogP contribution in [0, 0.1) is 0 Å². The fraction of sp³-hybridized carbons (Fsp3) is 0.273. The smallest absolute Gasteiger partial charge is 0.383 e. The van der Waals surface area contributed by atoms with Gasteiger partial charge in [0.2, 0.25) is 11.8 Å². The third-order valence-corrected chi connectivity index (χ3v) is 6.02. The van der Waals surface area contributed by atoms with Gasteiger partial charge in [0.15, 0.2) is 0 Å². The van der Waals surface area contributed by atoms with Crippen molar-refractivity contribution in [3.05, 3.63) is 63.7 Å². The summed E-state index contributed by atoms with van der Waals surface area (Å²) in [5, 5.41) is 4.63. The predicted molar refractivity (Wildman–Crippen MR) is 115 cm³/mol. The first-order valence-electron chi connectivity index (χ1n) is 10.2. The van der Waals surface area contributed by atoms with Crippen molar-refractivity contribution < 1.29 is 32.3 Å². The molecule has 2 aliphatic heterocycles. The first kappa shape index (κ1) is 23.7. The molecule has 12 heteroatoms. The molecule has 0 aromatic heterocycles. The number of alkyl halides is 3. The van der Waals surface area contributed by atoms with Crippen LogP contribution in [0.4, 0.5) is 18.9 Å². The molecule has 0 saturated carbocycles. The van der Waals surface area contributed by atoms with E-state index in [1.807, 2.05) is 0 Å². The maximum Gasteiger partial charge on any atom is 0.417 e. The molecule has 0 spiro atoms. The molecule has 0 radical (unpaired) electrons. The average Bonchev–Trinajstić information content (AvgIpc) is 3.01. The van der Waals surface area contributed by atoms with Gasteiger partial charge in [-0.05, 0) is 42.3 Å². The van der Waals surface area contributed by atoms with Gasteiger partial charge in [-0.15, -0.1) is 0 Å². The number of anilines is 1. The van der Waals surface area contributed by atoms with Crippen LogP contribution in [0.5, 0.6) is 0 Å². The Morgan fingerprint density at radius 2 is 1.79 bits per heavy atom. The summed E-state index contributed by atoms with van der Waals surface area (Å²) in [6.07, 6.45) is -4.58. The molecule has 4 rings (SSSR count). The molecule has 0 aliphatic carbocycles. The first-order valence-corrected chi connectivity index (χ1v) is 10.6. The number of benzene rings is 2. The molecular weight excluding hydrogens is 477 g/mol. The number of fused-ring (bicyclic) bond motifs is 1. The molecule has 2 atom stereocenters. The lowest BCUT2D eigenvalue weighted by Gasteiger charge is -2.27. The van der Waals surface area contributed by atoms with E-state index in [1.54, 1.807) is 0 Å². The van der Waals surface area contributed by atoms with Crippen molar-refractivity contribution in [1.82, 2.24) is 10.2 Å². The van der Waals surface area contributed by atoms with E-state index >= 15 is 0 Å². The van der Waals surface area contributed by atoms with Gasteiger partial charge in [0.1, 0.15) is 6.04 Å². The van der Waals surface area contributed by atoms with Gasteiger partial charge >= 0.3 is 6.18 Å². The van der Waals surface area contributed by atoms with E-state index < -0.39 is 52.5 Å². The van der Waals surface area contributed by atoms with Crippen LogP contribution in [0.25, 0.3) is 0 Å². The number of rotatable bonds is 5. The molecular formula is C22H18ClF3N4O4. The Labute approximate surface area is 196 Å². The topological polar surface area (TPSA) is 122 Å². The lowest BCUT2D eigenvalue weighted by molar-refractivity contribution is -0.138. The zero-order chi connectivity index (χ0) is 24.8. The molecule has 0 bridgehead atoms. The average molecular weight is 495 g/mol. The number of amides is 4. The van der Waals surface area contributed by atoms with Gasteiger partial charge < -0.3 is 11.1 Å². The second-order valence-corrected chi connectivity index (χ2v) is 8.34. The number of hydrogen-bond donors (Lipinski definition) is 3. The van der Waals surface area contributed by atoms with Gasteiger partial charge in [-0.25, -0.2) is 0 Å². The lowest BCUT2D eigenvalue weighted by atomic mass is 10.0. The fourth-order valence-electron chi connectivity index (χ4n) is 3.92. The zero-order valence-corrected chi connectivity index (χ0v) is 18.2. The van der Waals surface area contributed by atoms with E-state index in [-0.39, 0.29) is 36.1 Å². The van der Waals surface area contributed by atoms with Gasteiger partial charge in [-0.2, -0.15) is 13.2 Å². The van der Waals surface area contributed by atoms with E-state index in [0.717, 1.165) is 17.0 Å². The van der Waals surface area contributed by atoms with Gasteiger partial charge in [0.05, 0.1) is 21.7 Å². The molecule has 8 nitrogen and oxygen atoms in total. The van der Waals surface area contributed by atoms with E-state index in [9.17, 15) is 32.3 Å². The quantitative estimate of drug-likeness (QED) is 0.549. The number of nitrogens with zero attached hydrogens (tertiary/aromatic N) is 1. The Kier molecular flexibility index (Phi) is 6.09. The molecule has 1 saturated heterocycles. The van der Waals surface area contributed by atoms with Gasteiger partial charge in [0.25, 0.3) is 11.8 Å². The highest BCUT2D eigenvalue weighted by atomic mass is 35.5. The van der Waals surface area contributed by atoms with E-state index in [0.29, 0.717) is 5.69 Å². The van der Waals surface area contributed by atoms with Crippen molar-refractivity contribution >= 4 is 40.9 Å². The van der Waals surface area contributed by atoms with Crippen LogP contribution < -0.4 is 16.4 Å². The number of carbonyl (C=O) groups is 4. The SMILES string of the molecule is NC(CNc1ccc2c(c1)C(=O)N(C1CCC(=O)NC1=O)C2=O)c1ccc(Cl)c(C(F)(F)F)c1. The van der Waals surface area contributed by atoms with Crippen molar-refractivity contribution in [2.45, 2.75) is 31.1 Å². The molecule has 2 aliphatic rings. The Hall–Kier alpha value is -3.44. The highest BCUT2D eigenvalue weighted by Gasteiger charge is 2.44. The minimum Gasteiger partial charge on any atom is -0.383 e. The summed E-state index contributed by atoms with van der Waals surface area (Å²) in [7, 11) is 0. The summed E-state index contributed by atoms with van der Waals surface area (Å²) in [6.45, 7) is 0.0245. The van der Waals surface area contributed by atoms with Crippen LogP contribution >= 0.6 is 11.6 Å². The molecule has 2 aromatic carbocycles. The highest BCUT2D eigenvalue weighted by molar-refractivity contribution is 6.31. The molecule has 2 heterocycles. The van der Waals surface area contributed by atoms with E-state index in [1.165, 1.54) is 24.3 Å². The molecule has 2 aromatic rings. The zero-order valence-electron chi connectivity index (χ0n) is 17.4. The van der Waals surface area contributed by atoms with Crippen molar-refractivity contribution in [2.24, 2.45) is 5.73 Å². The third-order valence-electron chi connectivity index (χ3n) is 5.69. The summed E-state index contributed by atoms with van der Waals surface area (Å²) >= 11 is 5.64. The largest absolute Gasteiger partial charge is 0.417 e. The van der Waals surface area contributed by atoms with Crippen molar-refractivity contribution in [2.75, 3.05) is 11.9 Å². The monoisotopic (exact) mass is 494 g/mol. The standard InChI is InChI=1S/C22H18ClF3N4O4/c23-15-4-1-10(7-14(15)22(24,25)26)16(27)9-28-11-2-3-12-13(8-11)21(34)30(20(12)33)17-5-6-18(31)29-19(17)32/h1-4,7-8,16-17,28H,5-6,9,27H2,(H,29,31,32). The van der Waals surface area contributed by atoms with Gasteiger partial charge in [0, 0.05) is 24.7 Å². The number of hydrogen-bond acceptors (Lipinski definition) is 6. The molecule has 34 heavy (non-hydrogen) atoms. The first-order chi connectivity index (χ1) is 16.0. The maximum atomic E-state index is 13.1. The van der Waals surface area contributed by atoms with Crippen LogP contribution in [0.15, 0.2) is 36.4 Å². The Morgan fingerprint density at radius 1 is 1.09 bits per heavy atom. The lowest BCUT2D eigenvalue weighted by Crippen LogP contribution is -2.54. The molecule has 4 N–H and O–H groups in total. The fourth-order valence-corrected chi connectivity index (χ4v) is 4.14. The van der Waals surface area contributed by atoms with Gasteiger partial charge in [-0.3, -0.25) is 29.4 Å². The second-order valence-electron chi connectivity index (χ2n) is 7.93. The summed E-state index contributed by atoms with van der Waals surface area (Å²) in [6, 6.07) is 5.85. The summed E-state index contributed by atoms with van der Waals surface area (Å²) < 4.78 is 39.3. The molecule has 1 fully saturated rings. The van der Waals surface area contributed by atoms with Crippen LogP contribution in [-0.2, 0) is 15.8 Å². The van der Waals surface area contributed by atoms with Crippen molar-refractivity contribution in [1.29, 1.82) is 0 Å².